The minimum absolute atomic E-state index is 0.0178. The van der Waals surface area contributed by atoms with Crippen LogP contribution in [0.4, 0.5) is 13.2 Å². The average Bonchev–Trinajstić information content (AvgIpc) is 2.49. The summed E-state index contributed by atoms with van der Waals surface area (Å²) in [5.41, 5.74) is 0. The van der Waals surface area contributed by atoms with E-state index in [1.54, 1.807) is 6.20 Å². The van der Waals surface area contributed by atoms with Crippen LogP contribution >= 0.6 is 22.9 Å². The summed E-state index contributed by atoms with van der Waals surface area (Å²) in [4.78, 5) is 4.59. The Kier molecular flexibility index (Phi) is 4.82. The fraction of sp³-hybridized carbons (Fsp3) is 0.625. The maximum Gasteiger partial charge on any atom is 0.389 e. The molecule has 1 heterocycles. The minimum atomic E-state index is -4.10. The summed E-state index contributed by atoms with van der Waals surface area (Å²) in [5.74, 6) is 0. The summed E-state index contributed by atoms with van der Waals surface area (Å²) < 4.78 is 40.6. The molecule has 0 N–H and O–H groups in total. The van der Waals surface area contributed by atoms with E-state index in [1.165, 1.54) is 11.3 Å². The predicted molar refractivity (Wildman–Crippen MR) is 52.1 cm³/mol. The highest BCUT2D eigenvalue weighted by molar-refractivity contribution is 7.15. The second kappa shape index (κ2) is 5.67. The molecule has 0 aliphatic heterocycles. The maximum atomic E-state index is 11.7. The van der Waals surface area contributed by atoms with Crippen molar-refractivity contribution in [3.63, 3.8) is 0 Å². The lowest BCUT2D eigenvalue weighted by molar-refractivity contribution is -0.138. The molecule has 1 rings (SSSR count). The SMILES string of the molecule is FC(F)(F)CCCOCc1cnc(Cl)s1. The molecule has 0 atom stereocenters. The third kappa shape index (κ3) is 5.96. The lowest BCUT2D eigenvalue weighted by atomic mass is 10.3. The van der Waals surface area contributed by atoms with Gasteiger partial charge in [-0.3, -0.25) is 0 Å². The summed E-state index contributed by atoms with van der Waals surface area (Å²) >= 11 is 6.82. The molecule has 86 valence electrons. The first-order valence-corrected chi connectivity index (χ1v) is 5.41. The fourth-order valence-corrected chi connectivity index (χ4v) is 1.81. The van der Waals surface area contributed by atoms with Crippen molar-refractivity contribution < 1.29 is 17.9 Å². The van der Waals surface area contributed by atoms with Crippen LogP contribution < -0.4 is 0 Å². The van der Waals surface area contributed by atoms with Gasteiger partial charge in [-0.25, -0.2) is 4.98 Å². The van der Waals surface area contributed by atoms with E-state index in [-0.39, 0.29) is 19.6 Å². The van der Waals surface area contributed by atoms with Gasteiger partial charge in [-0.15, -0.1) is 11.3 Å². The van der Waals surface area contributed by atoms with Gasteiger partial charge in [0, 0.05) is 19.2 Å². The zero-order valence-electron chi connectivity index (χ0n) is 7.68. The number of hydrogen-bond acceptors (Lipinski definition) is 3. The van der Waals surface area contributed by atoms with Gasteiger partial charge in [0.1, 0.15) is 0 Å². The van der Waals surface area contributed by atoms with Gasteiger partial charge in [-0.2, -0.15) is 13.2 Å². The monoisotopic (exact) mass is 259 g/mol. The standard InChI is InChI=1S/C8H9ClF3NOS/c9-7-13-4-6(15-7)5-14-3-1-2-8(10,11)12/h4H,1-3,5H2. The molecule has 2 nitrogen and oxygen atoms in total. The Morgan fingerprint density at radius 1 is 1.47 bits per heavy atom. The molecule has 1 aromatic heterocycles. The third-order valence-electron chi connectivity index (χ3n) is 1.52. The van der Waals surface area contributed by atoms with Gasteiger partial charge >= 0.3 is 6.18 Å². The number of rotatable bonds is 5. The molecule has 0 bridgehead atoms. The van der Waals surface area contributed by atoms with Gasteiger partial charge in [0.2, 0.25) is 0 Å². The molecule has 0 radical (unpaired) electrons. The zero-order valence-corrected chi connectivity index (χ0v) is 9.25. The number of ether oxygens (including phenoxy) is 1. The van der Waals surface area contributed by atoms with Crippen LogP contribution in [0.5, 0.6) is 0 Å². The Hall–Kier alpha value is -0.330. The highest BCUT2D eigenvalue weighted by atomic mass is 35.5. The van der Waals surface area contributed by atoms with Gasteiger partial charge in [0.15, 0.2) is 4.47 Å². The summed E-state index contributed by atoms with van der Waals surface area (Å²) in [6.45, 7) is 0.358. The summed E-state index contributed by atoms with van der Waals surface area (Å²) in [6, 6.07) is 0. The van der Waals surface area contributed by atoms with Crippen LogP contribution in [0.3, 0.4) is 0 Å². The average molecular weight is 260 g/mol. The molecule has 0 saturated carbocycles. The van der Waals surface area contributed by atoms with Gasteiger partial charge in [0.05, 0.1) is 11.5 Å². The number of thiazole rings is 1. The third-order valence-corrected chi connectivity index (χ3v) is 2.61. The van der Waals surface area contributed by atoms with Gasteiger partial charge in [-0.1, -0.05) is 11.6 Å². The van der Waals surface area contributed by atoms with Crippen LogP contribution in [0.2, 0.25) is 4.47 Å². The van der Waals surface area contributed by atoms with Crippen molar-refractivity contribution in [2.24, 2.45) is 0 Å². The van der Waals surface area contributed by atoms with Crippen molar-refractivity contribution >= 4 is 22.9 Å². The van der Waals surface area contributed by atoms with E-state index < -0.39 is 12.6 Å². The summed E-state index contributed by atoms with van der Waals surface area (Å²) in [6.07, 6.45) is -3.37. The van der Waals surface area contributed by atoms with Crippen LogP contribution in [0, 0.1) is 0 Å². The van der Waals surface area contributed by atoms with Crippen LogP contribution in [0.15, 0.2) is 6.20 Å². The van der Waals surface area contributed by atoms with Crippen molar-refractivity contribution in [1.82, 2.24) is 4.98 Å². The Bertz CT molecular complexity index is 302. The second-order valence-corrected chi connectivity index (χ2v) is 4.55. The molecule has 0 aliphatic carbocycles. The molecule has 0 fully saturated rings. The van der Waals surface area contributed by atoms with Crippen molar-refractivity contribution in [3.8, 4) is 0 Å². The van der Waals surface area contributed by atoms with E-state index in [0.29, 0.717) is 4.47 Å². The molecular weight excluding hydrogens is 251 g/mol. The molecule has 15 heavy (non-hydrogen) atoms. The zero-order chi connectivity index (χ0) is 11.3. The van der Waals surface area contributed by atoms with E-state index in [0.717, 1.165) is 4.88 Å². The van der Waals surface area contributed by atoms with Gasteiger partial charge in [0.25, 0.3) is 0 Å². The van der Waals surface area contributed by atoms with Crippen molar-refractivity contribution in [3.05, 3.63) is 15.5 Å². The molecular formula is C8H9ClF3NOS. The van der Waals surface area contributed by atoms with Gasteiger partial charge < -0.3 is 4.74 Å². The minimum Gasteiger partial charge on any atom is -0.376 e. The first-order valence-electron chi connectivity index (χ1n) is 4.22. The molecule has 0 unspecified atom stereocenters. The van der Waals surface area contributed by atoms with E-state index in [9.17, 15) is 13.2 Å². The van der Waals surface area contributed by atoms with Crippen LogP contribution in [0.1, 0.15) is 17.7 Å². The van der Waals surface area contributed by atoms with Crippen LogP contribution in [-0.2, 0) is 11.3 Å². The van der Waals surface area contributed by atoms with Crippen molar-refractivity contribution in [2.45, 2.75) is 25.6 Å². The van der Waals surface area contributed by atoms with Crippen molar-refractivity contribution in [1.29, 1.82) is 0 Å². The Morgan fingerprint density at radius 2 is 2.20 bits per heavy atom. The molecule has 1 aromatic rings. The largest absolute Gasteiger partial charge is 0.389 e. The van der Waals surface area contributed by atoms with E-state index in [4.69, 9.17) is 16.3 Å². The number of alkyl halides is 3. The van der Waals surface area contributed by atoms with Crippen molar-refractivity contribution in [2.75, 3.05) is 6.61 Å². The molecule has 0 spiro atoms. The molecule has 0 amide bonds. The number of nitrogens with zero attached hydrogens (tertiary/aromatic N) is 1. The van der Waals surface area contributed by atoms with E-state index in [1.807, 2.05) is 0 Å². The van der Waals surface area contributed by atoms with Crippen LogP contribution in [0.25, 0.3) is 0 Å². The van der Waals surface area contributed by atoms with E-state index in [2.05, 4.69) is 4.98 Å². The normalized spacial score (nSPS) is 12.0. The Balaban J connectivity index is 2.07. The molecule has 0 aromatic carbocycles. The second-order valence-electron chi connectivity index (χ2n) is 2.85. The predicted octanol–water partition coefficient (Wildman–Crippen LogP) is 3.66. The smallest absolute Gasteiger partial charge is 0.376 e. The highest BCUT2D eigenvalue weighted by Gasteiger charge is 2.25. The fourth-order valence-electron chi connectivity index (χ4n) is 0.898. The van der Waals surface area contributed by atoms with Crippen LogP contribution in [-0.4, -0.2) is 17.8 Å². The Labute approximate surface area is 94.0 Å². The lowest BCUT2D eigenvalue weighted by Crippen LogP contribution is -2.08. The molecule has 0 saturated heterocycles. The molecule has 0 aliphatic rings. The Morgan fingerprint density at radius 3 is 2.73 bits per heavy atom. The summed E-state index contributed by atoms with van der Waals surface area (Å²) in [5, 5.41) is 0. The number of hydrogen-bond donors (Lipinski definition) is 0. The van der Waals surface area contributed by atoms with E-state index >= 15 is 0 Å². The number of halogens is 4. The lowest BCUT2D eigenvalue weighted by Gasteiger charge is -2.05. The molecule has 7 heteroatoms. The highest BCUT2D eigenvalue weighted by Crippen LogP contribution is 2.22. The van der Waals surface area contributed by atoms with Gasteiger partial charge in [-0.05, 0) is 6.42 Å². The first kappa shape index (κ1) is 12.7. The quantitative estimate of drug-likeness (QED) is 0.753. The summed E-state index contributed by atoms with van der Waals surface area (Å²) in [7, 11) is 0. The number of aromatic nitrogens is 1. The topological polar surface area (TPSA) is 22.1 Å². The first-order chi connectivity index (χ1) is 6.97. The maximum absolute atomic E-state index is 11.7.